The van der Waals surface area contributed by atoms with Crippen LogP contribution in [0.5, 0.6) is 0 Å². The van der Waals surface area contributed by atoms with Gasteiger partial charge in [0.25, 0.3) is 15.0 Å². The van der Waals surface area contributed by atoms with Crippen LogP contribution in [0.1, 0.15) is 29.8 Å². The van der Waals surface area contributed by atoms with E-state index in [0.29, 0.717) is 25.1 Å². The number of aryl methyl sites for hydroxylation is 1. The highest BCUT2D eigenvalue weighted by atomic mass is 35.7. The molecule has 0 aliphatic carbocycles. The molecule has 118 valence electrons. The monoisotopic (exact) mass is 333 g/mol. The Kier molecular flexibility index (Phi) is 6.64. The fourth-order valence-electron chi connectivity index (χ4n) is 1.93. The van der Waals surface area contributed by atoms with Gasteiger partial charge in [0, 0.05) is 29.9 Å². The van der Waals surface area contributed by atoms with Crippen molar-refractivity contribution in [2.24, 2.45) is 5.92 Å². The van der Waals surface area contributed by atoms with Crippen LogP contribution in [0.15, 0.2) is 23.1 Å². The van der Waals surface area contributed by atoms with E-state index in [9.17, 15) is 13.2 Å². The van der Waals surface area contributed by atoms with Crippen LogP contribution in [-0.4, -0.2) is 34.6 Å². The van der Waals surface area contributed by atoms with Gasteiger partial charge in [0.15, 0.2) is 0 Å². The summed E-state index contributed by atoms with van der Waals surface area (Å²) >= 11 is 0. The Hall–Kier alpha value is -1.11. The molecule has 1 N–H and O–H groups in total. The molecule has 0 aromatic heterocycles. The number of hydrogen-bond donors (Lipinski definition) is 1. The molecule has 0 aliphatic heterocycles. The Morgan fingerprint density at radius 3 is 2.62 bits per heavy atom. The molecule has 0 saturated carbocycles. The van der Waals surface area contributed by atoms with Gasteiger partial charge in [-0.1, -0.05) is 19.9 Å². The van der Waals surface area contributed by atoms with Gasteiger partial charge in [0.2, 0.25) is 0 Å². The van der Waals surface area contributed by atoms with Gasteiger partial charge in [-0.05, 0) is 30.0 Å². The molecule has 0 bridgehead atoms. The molecule has 0 radical (unpaired) electrons. The molecule has 5 nitrogen and oxygen atoms in total. The van der Waals surface area contributed by atoms with Gasteiger partial charge in [-0.15, -0.1) is 0 Å². The second-order valence-corrected chi connectivity index (χ2v) is 7.42. The number of carbonyl (C=O) groups excluding carboxylic acids is 1. The Bertz CT molecular complexity index is 601. The van der Waals surface area contributed by atoms with Crippen LogP contribution < -0.4 is 5.32 Å². The number of benzene rings is 1. The van der Waals surface area contributed by atoms with E-state index in [0.717, 1.165) is 0 Å². The van der Waals surface area contributed by atoms with Crippen LogP contribution in [-0.2, 0) is 20.2 Å². The minimum absolute atomic E-state index is 0.00995. The van der Waals surface area contributed by atoms with Crippen molar-refractivity contribution in [1.29, 1.82) is 0 Å². The van der Waals surface area contributed by atoms with E-state index < -0.39 is 9.05 Å². The lowest BCUT2D eigenvalue weighted by molar-refractivity contribution is 0.0934. The van der Waals surface area contributed by atoms with E-state index in [1.807, 2.05) is 13.8 Å². The van der Waals surface area contributed by atoms with Crippen LogP contribution in [0.4, 0.5) is 0 Å². The van der Waals surface area contributed by atoms with Crippen molar-refractivity contribution >= 4 is 25.6 Å². The van der Waals surface area contributed by atoms with Crippen molar-refractivity contribution < 1.29 is 17.9 Å². The summed E-state index contributed by atoms with van der Waals surface area (Å²) in [5.41, 5.74) is 0.866. The summed E-state index contributed by atoms with van der Waals surface area (Å²) in [6.45, 7) is 4.76. The number of nitrogens with one attached hydrogen (secondary N) is 1. The molecule has 0 fully saturated rings. The quantitative estimate of drug-likeness (QED) is 0.776. The standard InChI is InChI=1S/C14H20ClNO4S/c1-4-11-5-6-12(7-13(11)21(15,18)19)14(17)16-8-10(2)9-20-3/h5-7,10H,4,8-9H2,1-3H3,(H,16,17). The van der Waals surface area contributed by atoms with Crippen LogP contribution in [0.25, 0.3) is 0 Å². The second-order valence-electron chi connectivity index (χ2n) is 4.88. The first-order valence-electron chi connectivity index (χ1n) is 6.64. The third kappa shape index (κ3) is 5.30. The smallest absolute Gasteiger partial charge is 0.261 e. The lowest BCUT2D eigenvalue weighted by Gasteiger charge is -2.12. The number of ether oxygens (including phenoxy) is 1. The van der Waals surface area contributed by atoms with Crippen LogP contribution in [0.3, 0.4) is 0 Å². The Balaban J connectivity index is 2.91. The van der Waals surface area contributed by atoms with Crippen molar-refractivity contribution in [3.8, 4) is 0 Å². The topological polar surface area (TPSA) is 72.5 Å². The summed E-state index contributed by atoms with van der Waals surface area (Å²) in [6, 6.07) is 4.53. The van der Waals surface area contributed by atoms with Gasteiger partial charge < -0.3 is 10.1 Å². The van der Waals surface area contributed by atoms with E-state index in [-0.39, 0.29) is 22.3 Å². The zero-order valence-electron chi connectivity index (χ0n) is 12.3. The highest BCUT2D eigenvalue weighted by Gasteiger charge is 2.18. The Morgan fingerprint density at radius 1 is 1.43 bits per heavy atom. The van der Waals surface area contributed by atoms with E-state index in [1.165, 1.54) is 6.07 Å². The van der Waals surface area contributed by atoms with Gasteiger partial charge in [-0.25, -0.2) is 8.42 Å². The maximum absolute atomic E-state index is 12.0. The predicted octanol–water partition coefficient (Wildman–Crippen LogP) is 2.19. The van der Waals surface area contributed by atoms with Gasteiger partial charge in [-0.3, -0.25) is 4.79 Å². The van der Waals surface area contributed by atoms with Crippen molar-refractivity contribution in [2.45, 2.75) is 25.2 Å². The molecule has 1 atom stereocenters. The van der Waals surface area contributed by atoms with Crippen LogP contribution in [0, 0.1) is 5.92 Å². The van der Waals surface area contributed by atoms with Gasteiger partial charge in [0.05, 0.1) is 11.5 Å². The minimum Gasteiger partial charge on any atom is -0.384 e. The number of hydrogen-bond acceptors (Lipinski definition) is 4. The molecule has 0 heterocycles. The molecule has 1 rings (SSSR count). The average molecular weight is 334 g/mol. The molecule has 0 saturated heterocycles. The maximum atomic E-state index is 12.0. The van der Waals surface area contributed by atoms with E-state index in [2.05, 4.69) is 5.32 Å². The molecular weight excluding hydrogens is 314 g/mol. The first-order chi connectivity index (χ1) is 9.79. The van der Waals surface area contributed by atoms with E-state index >= 15 is 0 Å². The molecular formula is C14H20ClNO4S. The lowest BCUT2D eigenvalue weighted by Crippen LogP contribution is -2.30. The first-order valence-corrected chi connectivity index (χ1v) is 8.95. The second kappa shape index (κ2) is 7.77. The number of rotatable bonds is 7. The molecule has 1 aromatic carbocycles. The molecule has 1 amide bonds. The summed E-state index contributed by atoms with van der Waals surface area (Å²) in [5.74, 6) is -0.160. The van der Waals surface area contributed by atoms with Gasteiger partial charge in [0.1, 0.15) is 0 Å². The highest BCUT2D eigenvalue weighted by Crippen LogP contribution is 2.22. The van der Waals surface area contributed by atoms with E-state index in [1.54, 1.807) is 19.2 Å². The number of halogens is 1. The first kappa shape index (κ1) is 17.9. The normalized spacial score (nSPS) is 13.0. The van der Waals surface area contributed by atoms with Crippen molar-refractivity contribution in [3.05, 3.63) is 29.3 Å². The molecule has 1 unspecified atom stereocenters. The number of carbonyl (C=O) groups is 1. The van der Waals surface area contributed by atoms with Gasteiger partial charge >= 0.3 is 0 Å². The summed E-state index contributed by atoms with van der Waals surface area (Å²) in [6.07, 6.45) is 0.522. The molecule has 7 heteroatoms. The SMILES string of the molecule is CCc1ccc(C(=O)NCC(C)COC)cc1S(=O)(=O)Cl. The van der Waals surface area contributed by atoms with E-state index in [4.69, 9.17) is 15.4 Å². The lowest BCUT2D eigenvalue weighted by atomic mass is 10.1. The summed E-state index contributed by atoms with van der Waals surface area (Å²) in [4.78, 5) is 12.0. The van der Waals surface area contributed by atoms with Gasteiger partial charge in [-0.2, -0.15) is 0 Å². The zero-order chi connectivity index (χ0) is 16.0. The van der Waals surface area contributed by atoms with Crippen molar-refractivity contribution in [2.75, 3.05) is 20.3 Å². The van der Waals surface area contributed by atoms with Crippen molar-refractivity contribution in [1.82, 2.24) is 5.32 Å². The number of amides is 1. The minimum atomic E-state index is -3.87. The Labute approximate surface area is 130 Å². The largest absolute Gasteiger partial charge is 0.384 e. The summed E-state index contributed by atoms with van der Waals surface area (Å²) in [7, 11) is 3.14. The molecule has 21 heavy (non-hydrogen) atoms. The van der Waals surface area contributed by atoms with Crippen molar-refractivity contribution in [3.63, 3.8) is 0 Å². The summed E-state index contributed by atoms with van der Waals surface area (Å²) < 4.78 is 28.1. The molecule has 1 aromatic rings. The highest BCUT2D eigenvalue weighted by molar-refractivity contribution is 8.13. The Morgan fingerprint density at radius 2 is 2.10 bits per heavy atom. The predicted molar refractivity (Wildman–Crippen MR) is 82.2 cm³/mol. The average Bonchev–Trinajstić information content (AvgIpc) is 2.43. The third-order valence-corrected chi connectivity index (χ3v) is 4.44. The summed E-state index contributed by atoms with van der Waals surface area (Å²) in [5, 5.41) is 2.74. The molecule has 0 aliphatic rings. The zero-order valence-corrected chi connectivity index (χ0v) is 13.9. The van der Waals surface area contributed by atoms with Crippen LogP contribution >= 0.6 is 10.7 Å². The van der Waals surface area contributed by atoms with Crippen LogP contribution in [0.2, 0.25) is 0 Å². The number of methoxy groups -OCH3 is 1. The molecule has 0 spiro atoms. The fraction of sp³-hybridized carbons (Fsp3) is 0.500. The maximum Gasteiger partial charge on any atom is 0.261 e. The third-order valence-electron chi connectivity index (χ3n) is 3.04. The fourth-order valence-corrected chi connectivity index (χ4v) is 3.15.